The molecule has 0 amide bonds. The summed E-state index contributed by atoms with van der Waals surface area (Å²) in [5.74, 6) is 0. The van der Waals surface area contributed by atoms with Crippen LogP contribution in [0.1, 0.15) is 16.8 Å². The number of benzene rings is 2. The van der Waals surface area contributed by atoms with Gasteiger partial charge in [-0.05, 0) is 43.7 Å². The van der Waals surface area contributed by atoms with Gasteiger partial charge >= 0.3 is 0 Å². The Balaban J connectivity index is 1.99. The van der Waals surface area contributed by atoms with Gasteiger partial charge in [-0.3, -0.25) is 14.9 Å². The van der Waals surface area contributed by atoms with Crippen molar-refractivity contribution in [1.82, 2.24) is 9.78 Å². The Morgan fingerprint density at radius 2 is 1.82 bits per heavy atom. The van der Waals surface area contributed by atoms with Crippen LogP contribution in [0.15, 0.2) is 64.4 Å². The summed E-state index contributed by atoms with van der Waals surface area (Å²) < 4.78 is 1.53. The molecule has 1 aromatic heterocycles. The molecule has 0 aliphatic carbocycles. The number of aryl methyl sites for hydroxylation is 2. The highest BCUT2D eigenvalue weighted by Crippen LogP contribution is 2.13. The van der Waals surface area contributed by atoms with Crippen LogP contribution >= 0.6 is 0 Å². The maximum Gasteiger partial charge on any atom is 0.280 e. The Morgan fingerprint density at radius 3 is 2.55 bits per heavy atom. The Labute approximate surface area is 128 Å². The van der Waals surface area contributed by atoms with Crippen molar-refractivity contribution in [3.8, 4) is 5.69 Å². The molecule has 22 heavy (non-hydrogen) atoms. The third kappa shape index (κ3) is 2.76. The van der Waals surface area contributed by atoms with Crippen LogP contribution in [0.2, 0.25) is 0 Å². The van der Waals surface area contributed by atoms with E-state index in [4.69, 9.17) is 0 Å². The second kappa shape index (κ2) is 5.85. The molecule has 0 atom stereocenters. The van der Waals surface area contributed by atoms with Gasteiger partial charge in [-0.1, -0.05) is 30.3 Å². The number of hydrogen-bond donors (Lipinski definition) is 1. The first-order valence-electron chi connectivity index (χ1n) is 7.13. The Kier molecular flexibility index (Phi) is 3.74. The quantitative estimate of drug-likeness (QED) is 0.737. The molecule has 0 unspecified atom stereocenters. The van der Waals surface area contributed by atoms with Crippen LogP contribution in [0.4, 0.5) is 5.69 Å². The van der Waals surface area contributed by atoms with Crippen molar-refractivity contribution in [2.24, 2.45) is 4.99 Å². The molecular formula is C18H17N3O. The van der Waals surface area contributed by atoms with Crippen molar-refractivity contribution >= 4 is 11.9 Å². The average Bonchev–Trinajstić information content (AvgIpc) is 2.81. The van der Waals surface area contributed by atoms with E-state index in [1.165, 1.54) is 4.68 Å². The Morgan fingerprint density at radius 1 is 1.05 bits per heavy atom. The first-order valence-corrected chi connectivity index (χ1v) is 7.13. The lowest BCUT2D eigenvalue weighted by Crippen LogP contribution is -2.17. The molecule has 1 N–H and O–H groups in total. The molecule has 0 spiro atoms. The highest BCUT2D eigenvalue weighted by Gasteiger charge is 2.10. The second-order valence-electron chi connectivity index (χ2n) is 5.22. The smallest absolute Gasteiger partial charge is 0.280 e. The number of para-hydroxylation sites is 1. The molecule has 0 saturated carbocycles. The summed E-state index contributed by atoms with van der Waals surface area (Å²) in [5, 5.41) is 3.09. The number of H-pyrrole nitrogens is 1. The molecule has 0 aliphatic heterocycles. The minimum atomic E-state index is -0.0971. The molecule has 2 aromatic carbocycles. The predicted molar refractivity (Wildman–Crippen MR) is 89.6 cm³/mol. The van der Waals surface area contributed by atoms with Gasteiger partial charge in [-0.2, -0.15) is 0 Å². The maximum atomic E-state index is 12.5. The largest absolute Gasteiger partial charge is 0.295 e. The summed E-state index contributed by atoms with van der Waals surface area (Å²) in [5.41, 5.74) is 4.06. The third-order valence-electron chi connectivity index (χ3n) is 3.48. The van der Waals surface area contributed by atoms with Crippen LogP contribution in [0.3, 0.4) is 0 Å². The number of nitrogens with one attached hydrogen (secondary N) is 1. The zero-order valence-corrected chi connectivity index (χ0v) is 12.6. The fourth-order valence-corrected chi connectivity index (χ4v) is 2.32. The van der Waals surface area contributed by atoms with Crippen molar-refractivity contribution in [2.75, 3.05) is 0 Å². The van der Waals surface area contributed by atoms with E-state index in [1.54, 1.807) is 6.21 Å². The van der Waals surface area contributed by atoms with Gasteiger partial charge < -0.3 is 0 Å². The summed E-state index contributed by atoms with van der Waals surface area (Å²) in [6.07, 6.45) is 1.63. The van der Waals surface area contributed by atoms with E-state index in [0.29, 0.717) is 5.56 Å². The van der Waals surface area contributed by atoms with Crippen LogP contribution in [0.25, 0.3) is 5.69 Å². The van der Waals surface area contributed by atoms with Crippen molar-refractivity contribution in [3.63, 3.8) is 0 Å². The first-order chi connectivity index (χ1) is 10.6. The van der Waals surface area contributed by atoms with Crippen LogP contribution in [0.5, 0.6) is 0 Å². The normalized spacial score (nSPS) is 11.2. The van der Waals surface area contributed by atoms with Gasteiger partial charge in [0.2, 0.25) is 0 Å². The molecule has 0 radical (unpaired) electrons. The molecule has 0 aliphatic rings. The highest BCUT2D eigenvalue weighted by atomic mass is 16.1. The van der Waals surface area contributed by atoms with Crippen molar-refractivity contribution in [1.29, 1.82) is 0 Å². The van der Waals surface area contributed by atoms with Gasteiger partial charge in [0.05, 0.1) is 16.9 Å². The number of rotatable bonds is 3. The third-order valence-corrected chi connectivity index (χ3v) is 3.48. The number of aromatic amines is 1. The lowest BCUT2D eigenvalue weighted by Gasteiger charge is -1.99. The van der Waals surface area contributed by atoms with Gasteiger partial charge in [0.25, 0.3) is 5.56 Å². The summed E-state index contributed by atoms with van der Waals surface area (Å²) in [4.78, 5) is 16.9. The zero-order chi connectivity index (χ0) is 15.5. The van der Waals surface area contributed by atoms with Gasteiger partial charge in [-0.25, -0.2) is 4.68 Å². The SMILES string of the molecule is Cc1cccc(N=Cc2c(C)[nH]n(-c3ccccc3)c2=O)c1. The van der Waals surface area contributed by atoms with E-state index >= 15 is 0 Å². The molecule has 110 valence electrons. The Bertz CT molecular complexity index is 873. The highest BCUT2D eigenvalue weighted by molar-refractivity contribution is 5.83. The number of aromatic nitrogens is 2. The molecule has 1 heterocycles. The molecule has 3 rings (SSSR count). The Hall–Kier alpha value is -2.88. The van der Waals surface area contributed by atoms with Gasteiger partial charge in [0.15, 0.2) is 0 Å². The van der Waals surface area contributed by atoms with Crippen LogP contribution in [-0.4, -0.2) is 16.0 Å². The average molecular weight is 291 g/mol. The van der Waals surface area contributed by atoms with E-state index in [0.717, 1.165) is 22.6 Å². The minimum absolute atomic E-state index is 0.0971. The number of nitrogens with zero attached hydrogens (tertiary/aromatic N) is 2. The van der Waals surface area contributed by atoms with Crippen molar-refractivity contribution in [2.45, 2.75) is 13.8 Å². The second-order valence-corrected chi connectivity index (χ2v) is 5.22. The molecule has 0 fully saturated rings. The molecule has 0 bridgehead atoms. The van der Waals surface area contributed by atoms with E-state index in [9.17, 15) is 4.79 Å². The summed E-state index contributed by atoms with van der Waals surface area (Å²) >= 11 is 0. The first kappa shape index (κ1) is 14.1. The maximum absolute atomic E-state index is 12.5. The molecule has 0 saturated heterocycles. The molecule has 4 nitrogen and oxygen atoms in total. The topological polar surface area (TPSA) is 50.1 Å². The minimum Gasteiger partial charge on any atom is -0.295 e. The molecular weight excluding hydrogens is 274 g/mol. The lowest BCUT2D eigenvalue weighted by molar-refractivity contribution is 0.835. The van der Waals surface area contributed by atoms with Crippen LogP contribution < -0.4 is 5.56 Å². The predicted octanol–water partition coefficient (Wildman–Crippen LogP) is 3.53. The monoisotopic (exact) mass is 291 g/mol. The summed E-state index contributed by atoms with van der Waals surface area (Å²) in [6, 6.07) is 17.4. The van der Waals surface area contributed by atoms with E-state index < -0.39 is 0 Å². The number of hydrogen-bond acceptors (Lipinski definition) is 2. The fourth-order valence-electron chi connectivity index (χ4n) is 2.32. The van der Waals surface area contributed by atoms with Crippen molar-refractivity contribution < 1.29 is 0 Å². The summed E-state index contributed by atoms with van der Waals surface area (Å²) in [7, 11) is 0. The fraction of sp³-hybridized carbons (Fsp3) is 0.111. The van der Waals surface area contributed by atoms with Crippen LogP contribution in [0, 0.1) is 13.8 Å². The van der Waals surface area contributed by atoms with Crippen LogP contribution in [-0.2, 0) is 0 Å². The van der Waals surface area contributed by atoms with E-state index in [1.807, 2.05) is 68.4 Å². The van der Waals surface area contributed by atoms with E-state index in [2.05, 4.69) is 10.1 Å². The van der Waals surface area contributed by atoms with Gasteiger partial charge in [0, 0.05) is 11.9 Å². The number of aliphatic imine (C=N–C) groups is 1. The molecule has 3 aromatic rings. The molecule has 4 heteroatoms. The van der Waals surface area contributed by atoms with E-state index in [-0.39, 0.29) is 5.56 Å². The van der Waals surface area contributed by atoms with Gasteiger partial charge in [0.1, 0.15) is 0 Å². The zero-order valence-electron chi connectivity index (χ0n) is 12.6. The van der Waals surface area contributed by atoms with Crippen molar-refractivity contribution in [3.05, 3.63) is 81.8 Å². The lowest BCUT2D eigenvalue weighted by atomic mass is 10.2. The van der Waals surface area contributed by atoms with Gasteiger partial charge in [-0.15, -0.1) is 0 Å². The summed E-state index contributed by atoms with van der Waals surface area (Å²) in [6.45, 7) is 3.89. The standard InChI is InChI=1S/C18H17N3O/c1-13-7-6-8-15(11-13)19-12-17-14(2)20-21(18(17)22)16-9-4-3-5-10-16/h3-12,20H,1-2H3.